The van der Waals surface area contributed by atoms with Crippen LogP contribution in [0.4, 0.5) is 0 Å². The summed E-state index contributed by atoms with van der Waals surface area (Å²) in [4.78, 5) is -0.242. The zero-order chi connectivity index (χ0) is 13.1. The highest BCUT2D eigenvalue weighted by atomic mass is 35.5. The summed E-state index contributed by atoms with van der Waals surface area (Å²) in [5.74, 6) is 0. The van der Waals surface area contributed by atoms with Gasteiger partial charge in [-0.2, -0.15) is 0 Å². The minimum absolute atomic E-state index is 0.0107. The zero-order valence-corrected chi connectivity index (χ0v) is 10.9. The number of rotatable bonds is 5. The van der Waals surface area contributed by atoms with E-state index in [1.54, 1.807) is 0 Å². The molecule has 0 spiro atoms. The number of nitrogens with one attached hydrogen (secondary N) is 1. The van der Waals surface area contributed by atoms with Gasteiger partial charge in [0, 0.05) is 6.54 Å². The van der Waals surface area contributed by atoms with Gasteiger partial charge in [-0.25, -0.2) is 13.1 Å². The van der Waals surface area contributed by atoms with Crippen molar-refractivity contribution in [2.75, 3.05) is 13.2 Å². The fourth-order valence-corrected chi connectivity index (χ4v) is 3.29. The van der Waals surface area contributed by atoms with Gasteiger partial charge in [-0.05, 0) is 12.1 Å². The Labute approximate surface area is 109 Å². The molecule has 3 N–H and O–H groups in total. The molecular formula is C9H11Cl2NO4S. The predicted octanol–water partition coefficient (Wildman–Crippen LogP) is 0.625. The second-order valence-electron chi connectivity index (χ2n) is 3.24. The van der Waals surface area contributed by atoms with Crippen molar-refractivity contribution in [1.29, 1.82) is 0 Å². The van der Waals surface area contributed by atoms with E-state index in [1.807, 2.05) is 0 Å². The van der Waals surface area contributed by atoms with Crippen molar-refractivity contribution in [3.8, 4) is 0 Å². The minimum atomic E-state index is -3.91. The van der Waals surface area contributed by atoms with Crippen LogP contribution in [0.1, 0.15) is 0 Å². The number of sulfonamides is 1. The molecule has 0 bridgehead atoms. The molecule has 0 heterocycles. The molecule has 0 saturated carbocycles. The smallest absolute Gasteiger partial charge is 0.243 e. The van der Waals surface area contributed by atoms with Gasteiger partial charge in [0.2, 0.25) is 10.0 Å². The molecule has 0 aliphatic carbocycles. The van der Waals surface area contributed by atoms with Gasteiger partial charge in [-0.3, -0.25) is 0 Å². The van der Waals surface area contributed by atoms with Gasteiger partial charge in [0.15, 0.2) is 0 Å². The summed E-state index contributed by atoms with van der Waals surface area (Å²) in [5.41, 5.74) is 0. The average Bonchev–Trinajstić information content (AvgIpc) is 2.25. The van der Waals surface area contributed by atoms with Crippen LogP contribution < -0.4 is 4.72 Å². The second-order valence-corrected chi connectivity index (χ2v) is 5.76. The SMILES string of the molecule is O=S(=O)(NCC(O)CO)c1c(Cl)cccc1Cl. The Morgan fingerprint density at radius 1 is 1.29 bits per heavy atom. The van der Waals surface area contributed by atoms with E-state index in [9.17, 15) is 8.42 Å². The molecule has 0 aromatic heterocycles. The summed E-state index contributed by atoms with van der Waals surface area (Å²) in [7, 11) is -3.91. The fourth-order valence-electron chi connectivity index (χ4n) is 1.08. The largest absolute Gasteiger partial charge is 0.394 e. The zero-order valence-electron chi connectivity index (χ0n) is 8.60. The summed E-state index contributed by atoms with van der Waals surface area (Å²) in [6, 6.07) is 4.31. The Kier molecular flexibility index (Phi) is 5.18. The Bertz CT molecular complexity index is 472. The third kappa shape index (κ3) is 3.80. The third-order valence-electron chi connectivity index (χ3n) is 1.91. The van der Waals surface area contributed by atoms with Crippen LogP contribution in [-0.4, -0.2) is 37.9 Å². The van der Waals surface area contributed by atoms with Crippen LogP contribution in [0.3, 0.4) is 0 Å². The van der Waals surface area contributed by atoms with Gasteiger partial charge in [0.25, 0.3) is 0 Å². The maximum Gasteiger partial charge on any atom is 0.243 e. The van der Waals surface area contributed by atoms with E-state index < -0.39 is 22.7 Å². The van der Waals surface area contributed by atoms with Crippen molar-refractivity contribution in [1.82, 2.24) is 4.72 Å². The van der Waals surface area contributed by atoms with Crippen molar-refractivity contribution in [2.45, 2.75) is 11.0 Å². The number of halogens is 2. The standard InChI is InChI=1S/C9H11Cl2NO4S/c10-7-2-1-3-8(11)9(7)17(15,16)12-4-6(14)5-13/h1-3,6,12-14H,4-5H2. The lowest BCUT2D eigenvalue weighted by Gasteiger charge is -2.11. The molecule has 8 heteroatoms. The molecule has 1 aromatic carbocycles. The highest BCUT2D eigenvalue weighted by Gasteiger charge is 2.21. The average molecular weight is 300 g/mol. The van der Waals surface area contributed by atoms with Gasteiger partial charge in [0.1, 0.15) is 4.90 Å². The Morgan fingerprint density at radius 3 is 2.29 bits per heavy atom. The molecule has 0 saturated heterocycles. The van der Waals surface area contributed by atoms with Crippen LogP contribution >= 0.6 is 23.2 Å². The van der Waals surface area contributed by atoms with Crippen molar-refractivity contribution in [3.05, 3.63) is 28.2 Å². The van der Waals surface area contributed by atoms with Gasteiger partial charge < -0.3 is 10.2 Å². The molecule has 17 heavy (non-hydrogen) atoms. The minimum Gasteiger partial charge on any atom is -0.394 e. The molecule has 5 nitrogen and oxygen atoms in total. The number of hydrogen-bond acceptors (Lipinski definition) is 4. The van der Waals surface area contributed by atoms with Crippen LogP contribution in [0.5, 0.6) is 0 Å². The molecule has 0 radical (unpaired) electrons. The number of aliphatic hydroxyl groups excluding tert-OH is 2. The van der Waals surface area contributed by atoms with E-state index in [4.69, 9.17) is 33.4 Å². The normalized spacial score (nSPS) is 13.6. The van der Waals surface area contributed by atoms with Crippen molar-refractivity contribution < 1.29 is 18.6 Å². The first kappa shape index (κ1) is 14.7. The second kappa shape index (κ2) is 5.99. The molecule has 0 fully saturated rings. The number of hydrogen-bond donors (Lipinski definition) is 3. The first-order chi connectivity index (χ1) is 7.88. The van der Waals surface area contributed by atoms with E-state index in [2.05, 4.69) is 4.72 Å². The summed E-state index contributed by atoms with van der Waals surface area (Å²) < 4.78 is 25.7. The highest BCUT2D eigenvalue weighted by Crippen LogP contribution is 2.28. The third-order valence-corrected chi connectivity index (χ3v) is 4.29. The Morgan fingerprint density at radius 2 is 1.82 bits per heavy atom. The molecule has 1 rings (SSSR count). The molecule has 0 amide bonds. The summed E-state index contributed by atoms with van der Waals surface area (Å²) in [6.07, 6.45) is -1.17. The van der Waals surface area contributed by atoms with E-state index in [1.165, 1.54) is 18.2 Å². The van der Waals surface area contributed by atoms with Crippen LogP contribution in [-0.2, 0) is 10.0 Å². The van der Waals surface area contributed by atoms with Crippen molar-refractivity contribution >= 4 is 33.2 Å². The monoisotopic (exact) mass is 299 g/mol. The van der Waals surface area contributed by atoms with Crippen LogP contribution in [0.2, 0.25) is 10.0 Å². The summed E-state index contributed by atoms with van der Waals surface area (Å²) >= 11 is 11.5. The highest BCUT2D eigenvalue weighted by molar-refractivity contribution is 7.89. The molecule has 1 atom stereocenters. The maximum atomic E-state index is 11.8. The van der Waals surface area contributed by atoms with Crippen molar-refractivity contribution in [3.63, 3.8) is 0 Å². The van der Waals surface area contributed by atoms with Gasteiger partial charge >= 0.3 is 0 Å². The van der Waals surface area contributed by atoms with Gasteiger partial charge in [-0.1, -0.05) is 29.3 Å². The maximum absolute atomic E-state index is 11.8. The lowest BCUT2D eigenvalue weighted by molar-refractivity contribution is 0.0988. The van der Waals surface area contributed by atoms with Gasteiger partial charge in [-0.15, -0.1) is 0 Å². The molecular weight excluding hydrogens is 289 g/mol. The topological polar surface area (TPSA) is 86.6 Å². The van der Waals surface area contributed by atoms with E-state index in [0.717, 1.165) is 0 Å². The first-order valence-electron chi connectivity index (χ1n) is 4.61. The molecule has 96 valence electrons. The molecule has 1 unspecified atom stereocenters. The van der Waals surface area contributed by atoms with Gasteiger partial charge in [0.05, 0.1) is 22.8 Å². The first-order valence-corrected chi connectivity index (χ1v) is 6.85. The summed E-state index contributed by atoms with van der Waals surface area (Å²) in [6.45, 7) is -0.862. The lowest BCUT2D eigenvalue weighted by atomic mass is 10.4. The van der Waals surface area contributed by atoms with Crippen molar-refractivity contribution in [2.24, 2.45) is 0 Å². The Hall–Kier alpha value is -0.370. The quantitative estimate of drug-likeness (QED) is 0.744. The van der Waals surface area contributed by atoms with E-state index >= 15 is 0 Å². The fraction of sp³-hybridized carbons (Fsp3) is 0.333. The van der Waals surface area contributed by atoms with Crippen LogP contribution in [0, 0.1) is 0 Å². The van der Waals surface area contributed by atoms with E-state index in [0.29, 0.717) is 0 Å². The number of aliphatic hydroxyl groups is 2. The number of benzene rings is 1. The molecule has 1 aromatic rings. The molecule has 0 aliphatic rings. The summed E-state index contributed by atoms with van der Waals surface area (Å²) in [5, 5.41) is 17.6. The lowest BCUT2D eigenvalue weighted by Crippen LogP contribution is -2.34. The van der Waals surface area contributed by atoms with Crippen LogP contribution in [0.15, 0.2) is 23.1 Å². The Balaban J connectivity index is 2.98. The molecule has 0 aliphatic heterocycles. The predicted molar refractivity (Wildman–Crippen MR) is 64.7 cm³/mol. The van der Waals surface area contributed by atoms with Crippen LogP contribution in [0.25, 0.3) is 0 Å². The van der Waals surface area contributed by atoms with E-state index in [-0.39, 0.29) is 21.5 Å².